The van der Waals surface area contributed by atoms with E-state index < -0.39 is 16.0 Å². The van der Waals surface area contributed by atoms with Crippen LogP contribution in [0.3, 0.4) is 0 Å². The maximum atomic E-state index is 11.9. The van der Waals surface area contributed by atoms with Crippen molar-refractivity contribution in [2.75, 3.05) is 12.8 Å². The van der Waals surface area contributed by atoms with Crippen LogP contribution < -0.4 is 5.73 Å². The number of guanidine groups is 1. The summed E-state index contributed by atoms with van der Waals surface area (Å²) in [6.07, 6.45) is 0. The lowest BCUT2D eigenvalue weighted by Crippen LogP contribution is -2.40. The minimum absolute atomic E-state index is 0.144. The molecule has 1 aromatic heterocycles. The lowest BCUT2D eigenvalue weighted by Gasteiger charge is -2.19. The molecular formula is C10H14N4O2S2. The average Bonchev–Trinajstić information content (AvgIpc) is 2.75. The normalized spacial score (nSPS) is 12.7. The molecule has 0 aromatic carbocycles. The van der Waals surface area contributed by atoms with E-state index >= 15 is 0 Å². The Bertz CT molecular complexity index is 585. The molecule has 0 aliphatic carbocycles. The highest BCUT2D eigenvalue weighted by atomic mass is 32.2. The maximum absolute atomic E-state index is 11.9. The van der Waals surface area contributed by atoms with Crippen molar-refractivity contribution >= 4 is 27.3 Å². The largest absolute Gasteiger partial charge is 0.369 e. The molecule has 1 heterocycles. The molecule has 0 aliphatic rings. The van der Waals surface area contributed by atoms with E-state index in [-0.39, 0.29) is 11.7 Å². The van der Waals surface area contributed by atoms with Crippen molar-refractivity contribution in [1.82, 2.24) is 4.31 Å². The van der Waals surface area contributed by atoms with Crippen molar-refractivity contribution in [2.45, 2.75) is 12.8 Å². The van der Waals surface area contributed by atoms with E-state index in [1.165, 1.54) is 18.4 Å². The SMILES string of the molecule is C[C@H](CS(=O)(=O)N(C)C(=N)N)c1ccc(C#N)s1. The molecule has 18 heavy (non-hydrogen) atoms. The predicted octanol–water partition coefficient (Wildman–Crippen LogP) is 0.878. The summed E-state index contributed by atoms with van der Waals surface area (Å²) in [5.74, 6) is -0.899. The maximum Gasteiger partial charge on any atom is 0.237 e. The predicted molar refractivity (Wildman–Crippen MR) is 70.9 cm³/mol. The Kier molecular flexibility index (Phi) is 4.32. The number of nitrogens with two attached hydrogens (primary N) is 1. The Morgan fingerprint density at radius 3 is 2.72 bits per heavy atom. The van der Waals surface area contributed by atoms with Crippen LogP contribution in [0.15, 0.2) is 12.1 Å². The minimum atomic E-state index is -3.60. The molecule has 0 fully saturated rings. The van der Waals surface area contributed by atoms with Gasteiger partial charge >= 0.3 is 0 Å². The third-order valence-electron chi connectivity index (χ3n) is 2.44. The molecular weight excluding hydrogens is 272 g/mol. The van der Waals surface area contributed by atoms with Gasteiger partial charge in [-0.15, -0.1) is 11.3 Å². The molecule has 0 unspecified atom stereocenters. The highest BCUT2D eigenvalue weighted by molar-refractivity contribution is 7.89. The number of rotatable bonds is 4. The molecule has 0 saturated carbocycles. The number of nitrogens with zero attached hydrogens (tertiary/aromatic N) is 2. The Morgan fingerprint density at radius 2 is 2.28 bits per heavy atom. The first-order chi connectivity index (χ1) is 8.27. The van der Waals surface area contributed by atoms with Crippen molar-refractivity contribution in [1.29, 1.82) is 10.7 Å². The van der Waals surface area contributed by atoms with Crippen LogP contribution in [0.2, 0.25) is 0 Å². The zero-order valence-corrected chi connectivity index (χ0v) is 11.7. The zero-order valence-electron chi connectivity index (χ0n) is 10.0. The van der Waals surface area contributed by atoms with Gasteiger partial charge in [0.25, 0.3) is 0 Å². The summed E-state index contributed by atoms with van der Waals surface area (Å²) in [6, 6.07) is 5.42. The van der Waals surface area contributed by atoms with Gasteiger partial charge in [0, 0.05) is 17.8 Å². The van der Waals surface area contributed by atoms with Gasteiger partial charge in [-0.05, 0) is 12.1 Å². The molecule has 0 bridgehead atoms. The van der Waals surface area contributed by atoms with E-state index in [2.05, 4.69) is 0 Å². The molecule has 98 valence electrons. The molecule has 1 rings (SSSR count). The molecule has 0 spiro atoms. The van der Waals surface area contributed by atoms with Gasteiger partial charge in [0.05, 0.1) is 5.75 Å². The van der Waals surface area contributed by atoms with Crippen molar-refractivity contribution in [3.05, 3.63) is 21.9 Å². The molecule has 1 atom stereocenters. The molecule has 0 amide bonds. The van der Waals surface area contributed by atoms with Crippen molar-refractivity contribution in [2.24, 2.45) is 5.73 Å². The van der Waals surface area contributed by atoms with E-state index in [0.717, 1.165) is 9.18 Å². The Hall–Kier alpha value is -1.59. The summed E-state index contributed by atoms with van der Waals surface area (Å²) in [7, 11) is -2.35. The first-order valence-electron chi connectivity index (χ1n) is 5.08. The summed E-state index contributed by atoms with van der Waals surface area (Å²) in [6.45, 7) is 1.76. The summed E-state index contributed by atoms with van der Waals surface area (Å²) < 4.78 is 24.5. The number of hydrogen-bond acceptors (Lipinski definition) is 5. The fourth-order valence-corrected chi connectivity index (χ4v) is 3.63. The minimum Gasteiger partial charge on any atom is -0.369 e. The van der Waals surface area contributed by atoms with Crippen LogP contribution in [0, 0.1) is 16.7 Å². The van der Waals surface area contributed by atoms with Crippen LogP contribution in [-0.2, 0) is 10.0 Å². The van der Waals surface area contributed by atoms with Gasteiger partial charge in [-0.25, -0.2) is 12.7 Å². The van der Waals surface area contributed by atoms with Gasteiger partial charge in [0.2, 0.25) is 16.0 Å². The monoisotopic (exact) mass is 286 g/mol. The highest BCUT2D eigenvalue weighted by Gasteiger charge is 2.23. The molecule has 1 aromatic rings. The summed E-state index contributed by atoms with van der Waals surface area (Å²) in [5, 5.41) is 15.8. The summed E-state index contributed by atoms with van der Waals surface area (Å²) in [4.78, 5) is 1.38. The van der Waals surface area contributed by atoms with E-state index in [0.29, 0.717) is 4.88 Å². The number of nitriles is 1. The highest BCUT2D eigenvalue weighted by Crippen LogP contribution is 2.25. The third kappa shape index (κ3) is 3.21. The number of thiophene rings is 1. The van der Waals surface area contributed by atoms with Crippen molar-refractivity contribution in [3.8, 4) is 6.07 Å². The second-order valence-electron chi connectivity index (χ2n) is 3.85. The fourth-order valence-electron chi connectivity index (χ4n) is 1.34. The van der Waals surface area contributed by atoms with E-state index in [1.54, 1.807) is 19.1 Å². The van der Waals surface area contributed by atoms with Gasteiger partial charge in [-0.1, -0.05) is 6.92 Å². The second-order valence-corrected chi connectivity index (χ2v) is 7.01. The van der Waals surface area contributed by atoms with Gasteiger partial charge in [-0.2, -0.15) is 5.26 Å². The molecule has 0 radical (unpaired) electrons. The quantitative estimate of drug-likeness (QED) is 0.632. The van der Waals surface area contributed by atoms with Crippen LogP contribution in [0.25, 0.3) is 0 Å². The van der Waals surface area contributed by atoms with Crippen LogP contribution >= 0.6 is 11.3 Å². The summed E-state index contributed by atoms with van der Waals surface area (Å²) >= 11 is 1.27. The molecule has 0 saturated heterocycles. The Labute approximate surface area is 110 Å². The molecule has 8 heteroatoms. The smallest absolute Gasteiger partial charge is 0.237 e. The first kappa shape index (κ1) is 14.5. The third-order valence-corrected chi connectivity index (χ3v) is 5.61. The fraction of sp³-hybridized carbons (Fsp3) is 0.400. The second kappa shape index (κ2) is 5.37. The number of hydrogen-bond donors (Lipinski definition) is 2. The standard InChI is InChI=1S/C10H14N4O2S2/c1-7(9-4-3-8(5-11)17-9)6-18(15,16)14(2)10(12)13/h3-4,7H,6H2,1-2H3,(H3,12,13)/t7-/m1/s1. The van der Waals surface area contributed by atoms with Gasteiger partial charge < -0.3 is 5.73 Å². The van der Waals surface area contributed by atoms with Crippen LogP contribution in [-0.4, -0.2) is 31.5 Å². The van der Waals surface area contributed by atoms with Crippen molar-refractivity contribution < 1.29 is 8.42 Å². The van der Waals surface area contributed by atoms with E-state index in [4.69, 9.17) is 16.4 Å². The van der Waals surface area contributed by atoms with Gasteiger partial charge in [-0.3, -0.25) is 5.41 Å². The number of sulfonamides is 1. The zero-order chi connectivity index (χ0) is 13.9. The van der Waals surface area contributed by atoms with Crippen LogP contribution in [0.5, 0.6) is 0 Å². The molecule has 0 aliphatic heterocycles. The van der Waals surface area contributed by atoms with Crippen LogP contribution in [0.1, 0.15) is 22.6 Å². The first-order valence-corrected chi connectivity index (χ1v) is 7.51. The lowest BCUT2D eigenvalue weighted by atomic mass is 10.2. The Balaban J connectivity index is 2.85. The molecule has 6 nitrogen and oxygen atoms in total. The topological polar surface area (TPSA) is 111 Å². The Morgan fingerprint density at radius 1 is 1.67 bits per heavy atom. The van der Waals surface area contributed by atoms with E-state index in [9.17, 15) is 8.42 Å². The van der Waals surface area contributed by atoms with E-state index in [1.807, 2.05) is 6.07 Å². The summed E-state index contributed by atoms with van der Waals surface area (Å²) in [5.41, 5.74) is 5.15. The van der Waals surface area contributed by atoms with Crippen LogP contribution in [0.4, 0.5) is 0 Å². The lowest BCUT2D eigenvalue weighted by molar-refractivity contribution is 0.545. The van der Waals surface area contributed by atoms with Gasteiger partial charge in [0.15, 0.2) is 0 Å². The molecule has 3 N–H and O–H groups in total. The average molecular weight is 286 g/mol. The van der Waals surface area contributed by atoms with Gasteiger partial charge in [0.1, 0.15) is 10.9 Å². The van der Waals surface area contributed by atoms with Crippen molar-refractivity contribution in [3.63, 3.8) is 0 Å². The number of nitrogens with one attached hydrogen (secondary N) is 1.